The summed E-state index contributed by atoms with van der Waals surface area (Å²) < 4.78 is 0. The lowest BCUT2D eigenvalue weighted by Gasteiger charge is -2.03. The molecule has 0 aliphatic rings. The monoisotopic (exact) mass is 514 g/mol. The summed E-state index contributed by atoms with van der Waals surface area (Å²) in [7, 11) is 0. The second kappa shape index (κ2) is 8.99. The predicted molar refractivity (Wildman–Crippen MR) is 161 cm³/mol. The van der Waals surface area contributed by atoms with Crippen molar-refractivity contribution in [3.63, 3.8) is 0 Å². The fourth-order valence-electron chi connectivity index (χ4n) is 5.40. The number of fused-ring (bicyclic) bond motifs is 6. The van der Waals surface area contributed by atoms with Crippen LogP contribution in [0.4, 0.5) is 0 Å². The zero-order valence-corrected chi connectivity index (χ0v) is 21.3. The van der Waals surface area contributed by atoms with Crippen LogP contribution >= 0.6 is 0 Å². The molecule has 0 fully saturated rings. The highest BCUT2D eigenvalue weighted by atomic mass is 14.9. The maximum absolute atomic E-state index is 5.04. The van der Waals surface area contributed by atoms with Crippen LogP contribution in [0.15, 0.2) is 122 Å². The van der Waals surface area contributed by atoms with Gasteiger partial charge in [-0.3, -0.25) is 9.97 Å². The van der Waals surface area contributed by atoms with Crippen molar-refractivity contribution >= 4 is 32.8 Å². The van der Waals surface area contributed by atoms with Crippen LogP contribution < -0.4 is 0 Å². The van der Waals surface area contributed by atoms with Gasteiger partial charge in [0.1, 0.15) is 11.6 Å². The van der Waals surface area contributed by atoms with Crippen LogP contribution in [-0.4, -0.2) is 29.9 Å². The maximum atomic E-state index is 5.04. The van der Waals surface area contributed by atoms with Gasteiger partial charge in [-0.15, -0.1) is 0 Å². The van der Waals surface area contributed by atoms with Crippen molar-refractivity contribution in [1.82, 2.24) is 29.9 Å². The molecule has 0 saturated carbocycles. The molecule has 0 atom stereocenters. The van der Waals surface area contributed by atoms with Gasteiger partial charge in [0.2, 0.25) is 0 Å². The van der Waals surface area contributed by atoms with Crippen LogP contribution in [0.2, 0.25) is 0 Å². The average Bonchev–Trinajstić information content (AvgIpc) is 3.69. The summed E-state index contributed by atoms with van der Waals surface area (Å²) in [6, 6.07) is 37.0. The van der Waals surface area contributed by atoms with E-state index in [-0.39, 0.29) is 0 Å². The van der Waals surface area contributed by atoms with Gasteiger partial charge in [0.15, 0.2) is 0 Å². The van der Waals surface area contributed by atoms with Gasteiger partial charge in [-0.25, -0.2) is 9.97 Å². The lowest BCUT2D eigenvalue weighted by atomic mass is 10.1. The molecule has 6 nitrogen and oxygen atoms in total. The van der Waals surface area contributed by atoms with Crippen LogP contribution in [0.5, 0.6) is 0 Å². The van der Waals surface area contributed by atoms with Crippen molar-refractivity contribution < 1.29 is 0 Å². The first-order chi connectivity index (χ1) is 19.8. The number of aromatic amines is 2. The number of nitrogens with zero attached hydrogens (tertiary/aromatic N) is 4. The van der Waals surface area contributed by atoms with Crippen molar-refractivity contribution in [2.45, 2.75) is 0 Å². The van der Waals surface area contributed by atoms with Crippen molar-refractivity contribution in [3.05, 3.63) is 122 Å². The number of hydrogen-bond acceptors (Lipinski definition) is 4. The van der Waals surface area contributed by atoms with E-state index in [0.717, 1.165) is 78.1 Å². The molecule has 188 valence electrons. The molecule has 0 bridgehead atoms. The third-order valence-electron chi connectivity index (χ3n) is 7.31. The third kappa shape index (κ3) is 3.58. The minimum atomic E-state index is 0.803. The minimum absolute atomic E-state index is 0.803. The number of H-pyrrole nitrogens is 2. The molecule has 8 rings (SSSR count). The van der Waals surface area contributed by atoms with Crippen LogP contribution in [0, 0.1) is 0 Å². The Balaban J connectivity index is 1.23. The molecule has 0 saturated heterocycles. The Morgan fingerprint density at radius 1 is 0.425 bits per heavy atom. The summed E-state index contributed by atoms with van der Waals surface area (Å²) in [6.45, 7) is 0. The van der Waals surface area contributed by atoms with E-state index < -0.39 is 0 Å². The van der Waals surface area contributed by atoms with E-state index in [2.05, 4.69) is 80.6 Å². The maximum Gasteiger partial charge on any atom is 0.138 e. The van der Waals surface area contributed by atoms with E-state index in [0.29, 0.717) is 0 Å². The highest BCUT2D eigenvalue weighted by molar-refractivity contribution is 6.21. The van der Waals surface area contributed by atoms with Gasteiger partial charge in [0.25, 0.3) is 0 Å². The molecular formula is C34H22N6. The van der Waals surface area contributed by atoms with Crippen LogP contribution in [0.3, 0.4) is 0 Å². The highest BCUT2D eigenvalue weighted by Gasteiger charge is 2.17. The average molecular weight is 515 g/mol. The quantitative estimate of drug-likeness (QED) is 0.233. The van der Waals surface area contributed by atoms with Crippen molar-refractivity contribution in [2.75, 3.05) is 0 Å². The number of imidazole rings is 2. The summed E-state index contributed by atoms with van der Waals surface area (Å²) >= 11 is 0. The molecule has 0 unspecified atom stereocenters. The summed E-state index contributed by atoms with van der Waals surface area (Å²) in [4.78, 5) is 26.4. The fourth-order valence-corrected chi connectivity index (χ4v) is 5.40. The summed E-state index contributed by atoms with van der Waals surface area (Å²) in [5.41, 5.74) is 9.71. The van der Waals surface area contributed by atoms with Gasteiger partial charge in [0.05, 0.1) is 33.5 Å². The first kappa shape index (κ1) is 22.4. The Bertz CT molecular complexity index is 2010. The van der Waals surface area contributed by atoms with E-state index >= 15 is 0 Å². The summed E-state index contributed by atoms with van der Waals surface area (Å²) in [5, 5.41) is 2.00. The molecule has 0 aliphatic heterocycles. The van der Waals surface area contributed by atoms with Gasteiger partial charge < -0.3 is 9.97 Å². The molecule has 40 heavy (non-hydrogen) atoms. The van der Waals surface area contributed by atoms with Crippen LogP contribution in [0.25, 0.3) is 78.1 Å². The number of pyridine rings is 2. The Labute approximate surface area is 229 Å². The lowest BCUT2D eigenvalue weighted by molar-refractivity contribution is 1.30. The Morgan fingerprint density at radius 2 is 1.00 bits per heavy atom. The molecule has 8 aromatic rings. The summed E-state index contributed by atoms with van der Waals surface area (Å²) in [6.07, 6.45) is 3.61. The SMILES string of the molecule is c1ccc(-c2nc(-c3ccc(-c4nc5c6cccnc6c6ncccc6c5[nH]4)cc3)[nH]c2-c2ccccc2)cc1. The molecular weight excluding hydrogens is 492 g/mol. The molecule has 2 N–H and O–H groups in total. The van der Waals surface area contributed by atoms with Gasteiger partial charge in [-0.05, 0) is 24.3 Å². The van der Waals surface area contributed by atoms with Gasteiger partial charge >= 0.3 is 0 Å². The second-order valence-corrected chi connectivity index (χ2v) is 9.73. The first-order valence-corrected chi connectivity index (χ1v) is 13.2. The Morgan fingerprint density at radius 3 is 1.68 bits per heavy atom. The molecule has 0 spiro atoms. The second-order valence-electron chi connectivity index (χ2n) is 9.73. The molecule has 0 amide bonds. The zero-order valence-electron chi connectivity index (χ0n) is 21.3. The number of rotatable bonds is 4. The first-order valence-electron chi connectivity index (χ1n) is 13.2. The molecule has 4 aromatic heterocycles. The topological polar surface area (TPSA) is 83.1 Å². The van der Waals surface area contributed by atoms with E-state index in [9.17, 15) is 0 Å². The summed E-state index contributed by atoms with van der Waals surface area (Å²) in [5.74, 6) is 1.63. The standard InChI is InChI=1S/C34H22N6/c1-3-9-21(10-4-1)27-28(22-11-5-2-6-12-22)38-33(37-27)23-15-17-24(18-16-23)34-39-31-25-13-7-19-35-29(25)30-26(32(31)40-34)14-8-20-36-30/h1-20H,(H,37,38)(H,39,40). The zero-order chi connectivity index (χ0) is 26.5. The third-order valence-corrected chi connectivity index (χ3v) is 7.31. The van der Waals surface area contributed by atoms with Crippen molar-refractivity contribution in [1.29, 1.82) is 0 Å². The number of aromatic nitrogens is 6. The molecule has 0 aliphatic carbocycles. The number of nitrogens with one attached hydrogen (secondary N) is 2. The fraction of sp³-hybridized carbons (Fsp3) is 0. The van der Waals surface area contributed by atoms with E-state index in [4.69, 9.17) is 9.97 Å². The molecule has 4 heterocycles. The van der Waals surface area contributed by atoms with E-state index in [1.807, 2.05) is 48.5 Å². The normalized spacial score (nSPS) is 11.5. The largest absolute Gasteiger partial charge is 0.337 e. The van der Waals surface area contributed by atoms with Gasteiger partial charge in [-0.2, -0.15) is 0 Å². The Hall–Kier alpha value is -5.62. The van der Waals surface area contributed by atoms with E-state index in [1.54, 1.807) is 12.4 Å². The minimum Gasteiger partial charge on any atom is -0.337 e. The van der Waals surface area contributed by atoms with Crippen molar-refractivity contribution in [2.24, 2.45) is 0 Å². The van der Waals surface area contributed by atoms with Gasteiger partial charge in [0, 0.05) is 45.4 Å². The highest BCUT2D eigenvalue weighted by Crippen LogP contribution is 2.35. The molecule has 4 aromatic carbocycles. The molecule has 6 heteroatoms. The molecule has 0 radical (unpaired) electrons. The van der Waals surface area contributed by atoms with Crippen LogP contribution in [0.1, 0.15) is 0 Å². The van der Waals surface area contributed by atoms with Gasteiger partial charge in [-0.1, -0.05) is 84.9 Å². The predicted octanol–water partition coefficient (Wildman–Crippen LogP) is 8.05. The number of hydrogen-bond donors (Lipinski definition) is 2. The number of benzene rings is 4. The Kier molecular flexibility index (Phi) is 5.03. The van der Waals surface area contributed by atoms with Crippen LogP contribution in [-0.2, 0) is 0 Å². The lowest BCUT2D eigenvalue weighted by Crippen LogP contribution is -1.86. The smallest absolute Gasteiger partial charge is 0.138 e. The van der Waals surface area contributed by atoms with Crippen molar-refractivity contribution in [3.8, 4) is 45.3 Å². The van der Waals surface area contributed by atoms with E-state index in [1.165, 1.54) is 0 Å².